The van der Waals surface area contributed by atoms with Gasteiger partial charge in [-0.1, -0.05) is 13.0 Å². The monoisotopic (exact) mass is 178 g/mol. The maximum Gasteiger partial charge on any atom is 0.185 e. The summed E-state index contributed by atoms with van der Waals surface area (Å²) in [6.45, 7) is 4.60. The molecule has 1 atom stereocenters. The van der Waals surface area contributed by atoms with Crippen molar-refractivity contribution in [2.24, 2.45) is 11.8 Å². The molecule has 1 aliphatic heterocycles. The Morgan fingerprint density at radius 1 is 1.62 bits per heavy atom. The van der Waals surface area contributed by atoms with E-state index >= 15 is 0 Å². The van der Waals surface area contributed by atoms with Crippen molar-refractivity contribution in [2.75, 3.05) is 0 Å². The maximum atomic E-state index is 5.85. The molecule has 1 aliphatic carbocycles. The van der Waals surface area contributed by atoms with Crippen LogP contribution in [0.1, 0.15) is 39.5 Å². The zero-order valence-corrected chi connectivity index (χ0v) is 8.97. The van der Waals surface area contributed by atoms with Crippen molar-refractivity contribution >= 4 is 7.85 Å². The predicted molar refractivity (Wildman–Crippen MR) is 57.2 cm³/mol. The molecule has 0 spiro atoms. The normalized spacial score (nSPS) is 43.7. The number of rotatable bonds is 2. The summed E-state index contributed by atoms with van der Waals surface area (Å²) in [5.41, 5.74) is 1.25. The quantitative estimate of drug-likeness (QED) is 0.588. The smallest absolute Gasteiger partial charge is 0.185 e. The highest BCUT2D eigenvalue weighted by molar-refractivity contribution is 6.20. The Balaban J connectivity index is 1.82. The van der Waals surface area contributed by atoms with Gasteiger partial charge in [-0.25, -0.2) is 0 Å². The minimum atomic E-state index is 0.134. The van der Waals surface area contributed by atoms with E-state index in [1.165, 1.54) is 19.3 Å². The van der Waals surface area contributed by atoms with E-state index < -0.39 is 0 Å². The second-order valence-electron chi connectivity index (χ2n) is 5.22. The van der Waals surface area contributed by atoms with Crippen LogP contribution in [0.25, 0.3) is 0 Å². The number of ether oxygens (including phenoxy) is 1. The molecule has 0 aromatic carbocycles. The van der Waals surface area contributed by atoms with Crippen molar-refractivity contribution in [3.05, 3.63) is 11.7 Å². The van der Waals surface area contributed by atoms with Gasteiger partial charge in [0.2, 0.25) is 0 Å². The molecule has 0 aromatic heterocycles. The molecule has 0 aromatic rings. The fourth-order valence-electron chi connectivity index (χ4n) is 2.80. The van der Waals surface area contributed by atoms with Crippen molar-refractivity contribution in [2.45, 2.75) is 45.1 Å². The molecule has 72 valence electrons. The van der Waals surface area contributed by atoms with Crippen LogP contribution in [-0.4, -0.2) is 13.4 Å². The third kappa shape index (κ3) is 1.92. The van der Waals surface area contributed by atoms with Crippen LogP contribution in [-0.2, 0) is 4.74 Å². The van der Waals surface area contributed by atoms with Gasteiger partial charge in [0, 0.05) is 12.1 Å². The SMILES string of the molecule is BC1=CCC(C)(CC2CC(C)C2)O1. The lowest BCUT2D eigenvalue weighted by Gasteiger charge is -2.38. The molecule has 0 amide bonds. The Bertz CT molecular complexity index is 230. The van der Waals surface area contributed by atoms with Crippen molar-refractivity contribution in [1.29, 1.82) is 0 Å². The largest absolute Gasteiger partial charge is 0.503 e. The van der Waals surface area contributed by atoms with Gasteiger partial charge in [0.15, 0.2) is 7.85 Å². The van der Waals surface area contributed by atoms with Crippen LogP contribution in [0.2, 0.25) is 0 Å². The predicted octanol–water partition coefficient (Wildman–Crippen LogP) is 2.08. The van der Waals surface area contributed by atoms with Crippen LogP contribution in [0, 0.1) is 11.8 Å². The molecule has 2 heteroatoms. The highest BCUT2D eigenvalue weighted by Crippen LogP contribution is 2.42. The molecule has 0 bridgehead atoms. The van der Waals surface area contributed by atoms with E-state index in [0.29, 0.717) is 0 Å². The Kier molecular flexibility index (Phi) is 2.17. The fourth-order valence-corrected chi connectivity index (χ4v) is 2.80. The molecular weight excluding hydrogens is 159 g/mol. The average Bonchev–Trinajstić information content (AvgIpc) is 2.28. The van der Waals surface area contributed by atoms with Crippen LogP contribution in [0.15, 0.2) is 11.7 Å². The van der Waals surface area contributed by atoms with Gasteiger partial charge in [0.1, 0.15) is 5.60 Å². The first-order valence-corrected chi connectivity index (χ1v) is 5.43. The molecule has 0 radical (unpaired) electrons. The van der Waals surface area contributed by atoms with Crippen molar-refractivity contribution < 1.29 is 4.74 Å². The highest BCUT2D eigenvalue weighted by atomic mass is 16.5. The summed E-state index contributed by atoms with van der Waals surface area (Å²) in [4.78, 5) is 0. The van der Waals surface area contributed by atoms with E-state index in [-0.39, 0.29) is 5.60 Å². The van der Waals surface area contributed by atoms with Crippen molar-refractivity contribution in [3.8, 4) is 0 Å². The molecular formula is C11H19BO. The molecule has 2 rings (SSSR count). The van der Waals surface area contributed by atoms with Gasteiger partial charge >= 0.3 is 0 Å². The lowest BCUT2D eigenvalue weighted by Crippen LogP contribution is -2.33. The molecule has 1 heterocycles. The molecule has 13 heavy (non-hydrogen) atoms. The summed E-state index contributed by atoms with van der Waals surface area (Å²) < 4.78 is 5.85. The minimum Gasteiger partial charge on any atom is -0.503 e. The minimum absolute atomic E-state index is 0.134. The lowest BCUT2D eigenvalue weighted by molar-refractivity contribution is 0.00879. The van der Waals surface area contributed by atoms with Crippen molar-refractivity contribution in [3.63, 3.8) is 0 Å². The Morgan fingerprint density at radius 3 is 2.77 bits per heavy atom. The summed E-state index contributed by atoms with van der Waals surface area (Å²) in [6.07, 6.45) is 7.42. The van der Waals surface area contributed by atoms with Crippen LogP contribution in [0.4, 0.5) is 0 Å². The van der Waals surface area contributed by atoms with Crippen molar-refractivity contribution in [1.82, 2.24) is 0 Å². The molecule has 1 saturated carbocycles. The summed E-state index contributed by atoms with van der Waals surface area (Å²) in [5, 5.41) is 0. The van der Waals surface area contributed by atoms with E-state index in [1.807, 2.05) is 0 Å². The number of hydrogen-bond donors (Lipinski definition) is 0. The third-order valence-corrected chi connectivity index (χ3v) is 3.42. The molecule has 2 aliphatic rings. The van der Waals surface area contributed by atoms with Crippen LogP contribution in [0.5, 0.6) is 0 Å². The third-order valence-electron chi connectivity index (χ3n) is 3.42. The summed E-state index contributed by atoms with van der Waals surface area (Å²) in [7, 11) is 2.06. The first-order valence-electron chi connectivity index (χ1n) is 5.43. The zero-order valence-electron chi connectivity index (χ0n) is 8.97. The van der Waals surface area contributed by atoms with E-state index in [0.717, 1.165) is 23.9 Å². The van der Waals surface area contributed by atoms with Gasteiger partial charge in [-0.15, -0.1) is 0 Å². The molecule has 0 N–H and O–H groups in total. The average molecular weight is 178 g/mol. The standard InChI is InChI=1S/C11H19BO/c1-8-5-9(6-8)7-11(2)4-3-10(12)13-11/h3,8-9H,4-7,12H2,1-2H3. The van der Waals surface area contributed by atoms with E-state index in [1.54, 1.807) is 0 Å². The van der Waals surface area contributed by atoms with Crippen LogP contribution < -0.4 is 0 Å². The van der Waals surface area contributed by atoms with Gasteiger partial charge in [-0.05, 0) is 38.0 Å². The Hall–Kier alpha value is -0.395. The lowest BCUT2D eigenvalue weighted by atomic mass is 9.71. The van der Waals surface area contributed by atoms with Crippen LogP contribution >= 0.6 is 0 Å². The molecule has 0 saturated heterocycles. The Labute approximate surface area is 82.0 Å². The Morgan fingerprint density at radius 2 is 2.31 bits per heavy atom. The van der Waals surface area contributed by atoms with Gasteiger partial charge in [0.25, 0.3) is 0 Å². The highest BCUT2D eigenvalue weighted by Gasteiger charge is 2.36. The van der Waals surface area contributed by atoms with Gasteiger partial charge in [0.05, 0.1) is 0 Å². The van der Waals surface area contributed by atoms with E-state index in [2.05, 4.69) is 27.8 Å². The van der Waals surface area contributed by atoms with E-state index in [9.17, 15) is 0 Å². The maximum absolute atomic E-state index is 5.85. The van der Waals surface area contributed by atoms with Crippen LogP contribution in [0.3, 0.4) is 0 Å². The summed E-state index contributed by atoms with van der Waals surface area (Å²) in [6, 6.07) is 0. The molecule has 1 nitrogen and oxygen atoms in total. The topological polar surface area (TPSA) is 9.23 Å². The summed E-state index contributed by atoms with van der Waals surface area (Å²) in [5.74, 6) is 1.89. The van der Waals surface area contributed by atoms with Gasteiger partial charge < -0.3 is 4.74 Å². The first-order chi connectivity index (χ1) is 6.07. The second-order valence-corrected chi connectivity index (χ2v) is 5.22. The van der Waals surface area contributed by atoms with Gasteiger partial charge in [-0.2, -0.15) is 0 Å². The first kappa shape index (κ1) is 9.17. The van der Waals surface area contributed by atoms with Gasteiger partial charge in [-0.3, -0.25) is 0 Å². The molecule has 1 unspecified atom stereocenters. The zero-order chi connectivity index (χ0) is 9.47. The van der Waals surface area contributed by atoms with E-state index in [4.69, 9.17) is 4.74 Å². The molecule has 1 fully saturated rings. The fraction of sp³-hybridized carbons (Fsp3) is 0.818. The second kappa shape index (κ2) is 3.07. The summed E-state index contributed by atoms with van der Waals surface area (Å²) >= 11 is 0. The number of hydrogen-bond acceptors (Lipinski definition) is 1.